The molecule has 0 radical (unpaired) electrons. The molecule has 0 bridgehead atoms. The van der Waals surface area contributed by atoms with E-state index in [2.05, 4.69) is 5.32 Å². The van der Waals surface area contributed by atoms with Gasteiger partial charge >= 0.3 is 0 Å². The molecule has 0 unspecified atom stereocenters. The van der Waals surface area contributed by atoms with Crippen LogP contribution in [-0.2, 0) is 19.6 Å². The number of benzene rings is 3. The second kappa shape index (κ2) is 11.7. The van der Waals surface area contributed by atoms with Crippen LogP contribution in [0.3, 0.4) is 0 Å². The van der Waals surface area contributed by atoms with E-state index >= 15 is 0 Å². The van der Waals surface area contributed by atoms with E-state index in [1.165, 1.54) is 12.1 Å². The van der Waals surface area contributed by atoms with Crippen LogP contribution in [0, 0.1) is 11.6 Å². The fourth-order valence-electron chi connectivity index (χ4n) is 2.92. The minimum Gasteiger partial charge on any atom is -0.493 e. The minimum absolute atomic E-state index is 0. The summed E-state index contributed by atoms with van der Waals surface area (Å²) in [5, 5.41) is 3.61. The van der Waals surface area contributed by atoms with Crippen LogP contribution in [-0.4, -0.2) is 13.7 Å². The number of halogens is 4. The summed E-state index contributed by atoms with van der Waals surface area (Å²) in [5.74, 6) is 0.451. The molecule has 0 atom stereocenters. The topological polar surface area (TPSA) is 30.5 Å². The Bertz CT molecular complexity index is 949. The lowest BCUT2D eigenvalue weighted by molar-refractivity contribution is 0.279. The highest BCUT2D eigenvalue weighted by molar-refractivity contribution is 6.31. The van der Waals surface area contributed by atoms with Crippen molar-refractivity contribution in [2.45, 2.75) is 19.6 Å². The van der Waals surface area contributed by atoms with Gasteiger partial charge < -0.3 is 14.8 Å². The molecule has 0 aliphatic carbocycles. The summed E-state index contributed by atoms with van der Waals surface area (Å²) >= 11 is 6.04. The number of methoxy groups -OCH3 is 1. The van der Waals surface area contributed by atoms with Crippen LogP contribution >= 0.6 is 24.0 Å². The molecule has 0 saturated carbocycles. The van der Waals surface area contributed by atoms with Crippen LogP contribution in [0.5, 0.6) is 11.5 Å². The molecule has 3 nitrogen and oxygen atoms in total. The Morgan fingerprint density at radius 2 is 1.70 bits per heavy atom. The lowest BCUT2D eigenvalue weighted by atomic mass is 10.1. The molecule has 0 heterocycles. The van der Waals surface area contributed by atoms with E-state index in [0.717, 1.165) is 5.56 Å². The summed E-state index contributed by atoms with van der Waals surface area (Å²) in [7, 11) is 1.55. The first-order valence-electron chi connectivity index (χ1n) is 9.25. The van der Waals surface area contributed by atoms with E-state index in [-0.39, 0.29) is 24.8 Å². The van der Waals surface area contributed by atoms with Gasteiger partial charge in [0.25, 0.3) is 0 Å². The van der Waals surface area contributed by atoms with Crippen molar-refractivity contribution in [1.29, 1.82) is 0 Å². The van der Waals surface area contributed by atoms with Gasteiger partial charge in [0.15, 0.2) is 11.5 Å². The molecule has 1 N–H and O–H groups in total. The average Bonchev–Trinajstić information content (AvgIpc) is 2.72. The molecule has 3 aromatic rings. The Morgan fingerprint density at radius 1 is 0.933 bits per heavy atom. The highest BCUT2D eigenvalue weighted by Crippen LogP contribution is 2.30. The van der Waals surface area contributed by atoms with Gasteiger partial charge in [-0.3, -0.25) is 0 Å². The van der Waals surface area contributed by atoms with Crippen molar-refractivity contribution < 1.29 is 18.3 Å². The van der Waals surface area contributed by atoms with Crippen LogP contribution in [0.25, 0.3) is 0 Å². The molecule has 3 aromatic carbocycles. The lowest BCUT2D eigenvalue weighted by Gasteiger charge is -2.14. The van der Waals surface area contributed by atoms with Gasteiger partial charge in [0.1, 0.15) is 18.2 Å². The first kappa shape index (κ1) is 23.9. The molecular formula is C23H23Cl2F2NO2. The van der Waals surface area contributed by atoms with Gasteiger partial charge in [-0.05, 0) is 54.4 Å². The number of hydrogen-bond donors (Lipinski definition) is 1. The van der Waals surface area contributed by atoms with Gasteiger partial charge in [-0.15, -0.1) is 12.4 Å². The van der Waals surface area contributed by atoms with E-state index in [1.807, 2.05) is 18.2 Å². The van der Waals surface area contributed by atoms with E-state index in [4.69, 9.17) is 21.1 Å². The van der Waals surface area contributed by atoms with Crippen molar-refractivity contribution in [2.75, 3.05) is 13.7 Å². The highest BCUT2D eigenvalue weighted by Gasteiger charge is 2.11. The summed E-state index contributed by atoms with van der Waals surface area (Å²) < 4.78 is 38.6. The van der Waals surface area contributed by atoms with Crippen molar-refractivity contribution in [3.8, 4) is 11.5 Å². The SMILES string of the molecule is COc1cc(CNCCc2ccccc2F)ccc1OCc1c(F)cccc1Cl.Cl. The summed E-state index contributed by atoms with van der Waals surface area (Å²) in [6.07, 6.45) is 0.606. The van der Waals surface area contributed by atoms with Gasteiger partial charge in [-0.2, -0.15) is 0 Å². The van der Waals surface area contributed by atoms with Crippen LogP contribution in [0.1, 0.15) is 16.7 Å². The molecule has 3 rings (SSSR count). The molecule has 30 heavy (non-hydrogen) atoms. The third-order valence-corrected chi connectivity index (χ3v) is 4.87. The quantitative estimate of drug-likeness (QED) is 0.405. The van der Waals surface area contributed by atoms with Crippen LogP contribution < -0.4 is 14.8 Å². The molecule has 160 valence electrons. The van der Waals surface area contributed by atoms with Gasteiger partial charge in [0.2, 0.25) is 0 Å². The zero-order chi connectivity index (χ0) is 20.6. The van der Waals surface area contributed by atoms with Gasteiger partial charge in [0, 0.05) is 12.1 Å². The first-order chi connectivity index (χ1) is 14.1. The predicted molar refractivity (Wildman–Crippen MR) is 118 cm³/mol. The predicted octanol–water partition coefficient (Wildman–Crippen LogP) is 5.96. The Labute approximate surface area is 186 Å². The monoisotopic (exact) mass is 453 g/mol. The molecule has 0 aliphatic heterocycles. The molecule has 0 amide bonds. The third kappa shape index (κ3) is 6.33. The van der Waals surface area contributed by atoms with E-state index in [1.54, 1.807) is 37.4 Å². The lowest BCUT2D eigenvalue weighted by Crippen LogP contribution is -2.17. The van der Waals surface area contributed by atoms with Gasteiger partial charge in [0.05, 0.1) is 12.1 Å². The molecular weight excluding hydrogens is 431 g/mol. The molecule has 0 fully saturated rings. The fourth-order valence-corrected chi connectivity index (χ4v) is 3.14. The zero-order valence-electron chi connectivity index (χ0n) is 16.5. The Balaban J connectivity index is 0.00000320. The molecule has 0 saturated heterocycles. The number of hydrogen-bond acceptors (Lipinski definition) is 3. The van der Waals surface area contributed by atoms with Crippen LogP contribution in [0.2, 0.25) is 5.02 Å². The highest BCUT2D eigenvalue weighted by atomic mass is 35.5. The fraction of sp³-hybridized carbons (Fsp3) is 0.217. The van der Waals surface area contributed by atoms with Gasteiger partial charge in [-0.1, -0.05) is 41.9 Å². The van der Waals surface area contributed by atoms with Crippen molar-refractivity contribution >= 4 is 24.0 Å². The van der Waals surface area contributed by atoms with Crippen molar-refractivity contribution in [2.24, 2.45) is 0 Å². The number of nitrogens with one attached hydrogen (secondary N) is 1. The standard InChI is InChI=1S/C23H22ClF2NO2.ClH/c1-28-23-13-16(14-27-12-11-17-5-2-3-7-20(17)25)9-10-22(23)29-15-18-19(24)6-4-8-21(18)26;/h2-10,13,27H,11-12,14-15H2,1H3;1H. The van der Waals surface area contributed by atoms with Crippen LogP contribution in [0.15, 0.2) is 60.7 Å². The molecule has 0 aliphatic rings. The maximum absolute atomic E-state index is 13.9. The largest absolute Gasteiger partial charge is 0.493 e. The molecule has 0 spiro atoms. The van der Waals surface area contributed by atoms with Crippen molar-refractivity contribution in [3.05, 3.63) is 94.0 Å². The smallest absolute Gasteiger partial charge is 0.161 e. The molecule has 7 heteroatoms. The Hall–Kier alpha value is -2.34. The second-order valence-electron chi connectivity index (χ2n) is 6.49. The van der Waals surface area contributed by atoms with E-state index in [9.17, 15) is 8.78 Å². The average molecular weight is 454 g/mol. The zero-order valence-corrected chi connectivity index (χ0v) is 18.0. The van der Waals surface area contributed by atoms with Gasteiger partial charge in [-0.25, -0.2) is 8.78 Å². The Morgan fingerprint density at radius 3 is 2.43 bits per heavy atom. The normalized spacial score (nSPS) is 10.4. The maximum Gasteiger partial charge on any atom is 0.161 e. The summed E-state index contributed by atoms with van der Waals surface area (Å²) in [4.78, 5) is 0. The number of rotatable bonds is 9. The van der Waals surface area contributed by atoms with E-state index in [0.29, 0.717) is 47.2 Å². The summed E-state index contributed by atoms with van der Waals surface area (Å²) in [6.45, 7) is 1.25. The third-order valence-electron chi connectivity index (χ3n) is 4.52. The van der Waals surface area contributed by atoms with Crippen LogP contribution in [0.4, 0.5) is 8.78 Å². The second-order valence-corrected chi connectivity index (χ2v) is 6.90. The molecule has 0 aromatic heterocycles. The van der Waals surface area contributed by atoms with Crippen molar-refractivity contribution in [1.82, 2.24) is 5.32 Å². The maximum atomic E-state index is 13.9. The van der Waals surface area contributed by atoms with E-state index < -0.39 is 5.82 Å². The number of ether oxygens (including phenoxy) is 2. The first-order valence-corrected chi connectivity index (χ1v) is 9.63. The summed E-state index contributed by atoms with van der Waals surface area (Å²) in [5.41, 5.74) is 1.98. The Kier molecular flexibility index (Phi) is 9.37. The minimum atomic E-state index is -0.410. The summed E-state index contributed by atoms with van der Waals surface area (Å²) in [6, 6.07) is 16.8. The van der Waals surface area contributed by atoms with Crippen molar-refractivity contribution in [3.63, 3.8) is 0 Å².